The van der Waals surface area contributed by atoms with E-state index in [9.17, 15) is 0 Å². The van der Waals surface area contributed by atoms with Gasteiger partial charge in [0.05, 0.1) is 0 Å². The van der Waals surface area contributed by atoms with Crippen LogP contribution in [-0.4, -0.2) is 32.7 Å². The number of oxime groups is 1. The van der Waals surface area contributed by atoms with Gasteiger partial charge in [0.15, 0.2) is 10.9 Å². The van der Waals surface area contributed by atoms with Gasteiger partial charge in [-0.15, -0.1) is 0 Å². The van der Waals surface area contributed by atoms with Gasteiger partial charge in [-0.1, -0.05) is 21.9 Å². The molecule has 7 heteroatoms. The van der Waals surface area contributed by atoms with E-state index in [1.165, 1.54) is 0 Å². The summed E-state index contributed by atoms with van der Waals surface area (Å²) in [6, 6.07) is 0. The molecule has 0 aliphatic rings. The van der Waals surface area contributed by atoms with Crippen molar-refractivity contribution >= 4 is 28.5 Å². The maximum Gasteiger partial charge on any atom is 0.199 e. The number of thioether (sulfide) groups is 1. The van der Waals surface area contributed by atoms with Gasteiger partial charge in [0.1, 0.15) is 5.69 Å². The van der Waals surface area contributed by atoms with Crippen molar-refractivity contribution in [2.45, 2.75) is 12.8 Å². The van der Waals surface area contributed by atoms with Crippen LogP contribution in [0, 0.1) is 0 Å². The summed E-state index contributed by atoms with van der Waals surface area (Å²) in [5.41, 5.74) is 0.942. The molecule has 0 bridgehead atoms. The fraction of sp³-hybridized carbons (Fsp3) is 0.571. The summed E-state index contributed by atoms with van der Waals surface area (Å²) < 4.78 is 4.52. The Morgan fingerprint density at radius 3 is 3.07 bits per heavy atom. The summed E-state index contributed by atoms with van der Waals surface area (Å²) in [7, 11) is 0. The number of nitrogens with zero attached hydrogens (tertiary/aromatic N) is 3. The van der Waals surface area contributed by atoms with E-state index in [-0.39, 0.29) is 5.17 Å². The zero-order chi connectivity index (χ0) is 10.4. The van der Waals surface area contributed by atoms with Gasteiger partial charge in [0, 0.05) is 0 Å². The average molecular weight is 236 g/mol. The van der Waals surface area contributed by atoms with Gasteiger partial charge >= 0.3 is 0 Å². The number of aryl methyl sites for hydroxylation is 1. The van der Waals surface area contributed by atoms with Crippen LogP contribution in [0.15, 0.2) is 9.78 Å². The average Bonchev–Trinajstić information content (AvgIpc) is 2.65. The first-order valence-electron chi connectivity index (χ1n) is 3.98. The van der Waals surface area contributed by atoms with Gasteiger partial charge in [-0.3, -0.25) is 0 Å². The second-order valence-corrected chi connectivity index (χ2v) is 3.89. The topological polar surface area (TPSA) is 71.5 Å². The summed E-state index contributed by atoms with van der Waals surface area (Å²) in [5.74, 6) is 1.03. The van der Waals surface area contributed by atoms with Crippen LogP contribution in [0.25, 0.3) is 0 Å². The Kier molecular flexibility index (Phi) is 4.75. The molecule has 1 N–H and O–H groups in total. The number of aromatic nitrogens is 2. The molecule has 1 rings (SSSR count). The Balaban J connectivity index is 2.63. The van der Waals surface area contributed by atoms with Crippen molar-refractivity contribution in [3.8, 4) is 0 Å². The van der Waals surface area contributed by atoms with Crippen molar-refractivity contribution in [2.75, 3.05) is 12.0 Å². The lowest BCUT2D eigenvalue weighted by molar-refractivity contribution is 0.301. The molecule has 14 heavy (non-hydrogen) atoms. The van der Waals surface area contributed by atoms with E-state index >= 15 is 0 Å². The first kappa shape index (κ1) is 11.3. The summed E-state index contributed by atoms with van der Waals surface area (Å²) in [4.78, 5) is 0. The fourth-order valence-electron chi connectivity index (χ4n) is 0.959. The third kappa shape index (κ3) is 2.88. The van der Waals surface area contributed by atoms with Gasteiger partial charge in [0.2, 0.25) is 0 Å². The highest BCUT2D eigenvalue weighted by Gasteiger charge is 2.14. The van der Waals surface area contributed by atoms with E-state index in [0.29, 0.717) is 17.8 Å². The van der Waals surface area contributed by atoms with Crippen LogP contribution in [-0.2, 0) is 6.42 Å². The quantitative estimate of drug-likeness (QED) is 0.364. The number of hydrogen-bond donors (Lipinski definition) is 1. The minimum atomic E-state index is -0.0922. The molecule has 1 aromatic rings. The molecule has 1 heterocycles. The van der Waals surface area contributed by atoms with Crippen molar-refractivity contribution < 1.29 is 9.84 Å². The molecular weight excluding hydrogens is 226 g/mol. The second kappa shape index (κ2) is 5.87. The lowest BCUT2D eigenvalue weighted by atomic mass is 10.2. The van der Waals surface area contributed by atoms with Crippen LogP contribution < -0.4 is 0 Å². The van der Waals surface area contributed by atoms with E-state index in [1.807, 2.05) is 6.26 Å². The van der Waals surface area contributed by atoms with Gasteiger partial charge < -0.3 is 5.21 Å². The van der Waals surface area contributed by atoms with Crippen LogP contribution in [0.3, 0.4) is 0 Å². The highest BCUT2D eigenvalue weighted by atomic mass is 35.5. The molecule has 0 spiro atoms. The molecule has 0 atom stereocenters. The van der Waals surface area contributed by atoms with Crippen molar-refractivity contribution in [1.29, 1.82) is 0 Å². The molecule has 0 aliphatic heterocycles. The lowest BCUT2D eigenvalue weighted by Crippen LogP contribution is -1.99. The molecule has 0 amide bonds. The molecule has 0 fully saturated rings. The monoisotopic (exact) mass is 235 g/mol. The van der Waals surface area contributed by atoms with E-state index in [0.717, 1.165) is 12.2 Å². The molecule has 1 aromatic heterocycles. The predicted octanol–water partition coefficient (Wildman–Crippen LogP) is 1.74. The van der Waals surface area contributed by atoms with Gasteiger partial charge in [-0.25, -0.2) is 4.63 Å². The van der Waals surface area contributed by atoms with Crippen molar-refractivity contribution in [3.63, 3.8) is 0 Å². The van der Waals surface area contributed by atoms with Crippen LogP contribution in [0.1, 0.15) is 17.8 Å². The van der Waals surface area contributed by atoms with E-state index in [1.54, 1.807) is 11.8 Å². The maximum absolute atomic E-state index is 8.45. The van der Waals surface area contributed by atoms with Crippen LogP contribution in [0.5, 0.6) is 0 Å². The Morgan fingerprint density at radius 1 is 1.64 bits per heavy atom. The molecule has 0 aliphatic carbocycles. The van der Waals surface area contributed by atoms with Crippen LogP contribution >= 0.6 is 23.4 Å². The molecule has 0 aromatic carbocycles. The van der Waals surface area contributed by atoms with E-state index < -0.39 is 0 Å². The largest absolute Gasteiger partial charge is 0.410 e. The molecule has 0 saturated heterocycles. The number of halogens is 1. The molecule has 5 nitrogen and oxygen atoms in total. The Labute approximate surface area is 90.5 Å². The Morgan fingerprint density at radius 2 is 2.43 bits per heavy atom. The first-order valence-corrected chi connectivity index (χ1v) is 5.75. The highest BCUT2D eigenvalue weighted by molar-refractivity contribution is 7.98. The highest BCUT2D eigenvalue weighted by Crippen LogP contribution is 2.10. The molecule has 78 valence electrons. The first-order chi connectivity index (χ1) is 6.79. The molecule has 0 unspecified atom stereocenters. The Bertz CT molecular complexity index is 316. The third-order valence-corrected chi connectivity index (χ3v) is 2.55. The SMILES string of the molecule is CSCCCc1nonc1C(Cl)=NO. The summed E-state index contributed by atoms with van der Waals surface area (Å²) in [6.07, 6.45) is 3.70. The standard InChI is InChI=1S/C7H10ClN3O2S/c1-14-4-2-3-5-6(7(8)9-12)11-13-10-5/h12H,2-4H2,1H3. The summed E-state index contributed by atoms with van der Waals surface area (Å²) >= 11 is 7.33. The summed E-state index contributed by atoms with van der Waals surface area (Å²) in [5, 5.41) is 18.4. The van der Waals surface area contributed by atoms with E-state index in [2.05, 4.69) is 20.1 Å². The van der Waals surface area contributed by atoms with E-state index in [4.69, 9.17) is 16.8 Å². The summed E-state index contributed by atoms with van der Waals surface area (Å²) in [6.45, 7) is 0. The lowest BCUT2D eigenvalue weighted by Gasteiger charge is -1.95. The zero-order valence-corrected chi connectivity index (χ0v) is 9.18. The second-order valence-electron chi connectivity index (χ2n) is 2.55. The minimum Gasteiger partial charge on any atom is -0.410 e. The normalized spacial score (nSPS) is 12.0. The van der Waals surface area contributed by atoms with Gasteiger partial charge in [0.25, 0.3) is 0 Å². The van der Waals surface area contributed by atoms with Crippen molar-refractivity contribution in [1.82, 2.24) is 10.3 Å². The van der Waals surface area contributed by atoms with Crippen LogP contribution in [0.4, 0.5) is 0 Å². The zero-order valence-electron chi connectivity index (χ0n) is 7.60. The fourth-order valence-corrected chi connectivity index (χ4v) is 1.54. The smallest absolute Gasteiger partial charge is 0.199 e. The molecular formula is C7H10ClN3O2S. The van der Waals surface area contributed by atoms with Crippen molar-refractivity contribution in [3.05, 3.63) is 11.4 Å². The number of hydrogen-bond acceptors (Lipinski definition) is 6. The van der Waals surface area contributed by atoms with Gasteiger partial charge in [-0.2, -0.15) is 11.8 Å². The molecule has 0 radical (unpaired) electrons. The third-order valence-electron chi connectivity index (χ3n) is 1.60. The number of rotatable bonds is 5. The van der Waals surface area contributed by atoms with Crippen molar-refractivity contribution in [2.24, 2.45) is 5.16 Å². The van der Waals surface area contributed by atoms with Crippen LogP contribution in [0.2, 0.25) is 0 Å². The Hall–Kier alpha value is -0.750. The predicted molar refractivity (Wildman–Crippen MR) is 55.2 cm³/mol. The minimum absolute atomic E-state index is 0.0922. The van der Waals surface area contributed by atoms with Gasteiger partial charge in [-0.05, 0) is 30.0 Å². The maximum atomic E-state index is 8.45. The molecule has 0 saturated carbocycles.